The number of ether oxygens (including phenoxy) is 1. The number of carbonyl (C=O) groups is 2. The van der Waals surface area contributed by atoms with Crippen molar-refractivity contribution >= 4 is 23.3 Å². The molecule has 0 fully saturated rings. The van der Waals surface area contributed by atoms with Gasteiger partial charge < -0.3 is 4.74 Å². The van der Waals surface area contributed by atoms with E-state index >= 15 is 0 Å². The Morgan fingerprint density at radius 3 is 1.75 bits per heavy atom. The van der Waals surface area contributed by atoms with Gasteiger partial charge in [0, 0.05) is 18.3 Å². The minimum absolute atomic E-state index is 0.279. The Bertz CT molecular complexity index is 542. The molecule has 0 saturated carbocycles. The van der Waals surface area contributed by atoms with Crippen LogP contribution in [0.3, 0.4) is 0 Å². The average molecular weight is 269 g/mol. The summed E-state index contributed by atoms with van der Waals surface area (Å²) in [5.41, 5.74) is 1.46. The van der Waals surface area contributed by atoms with Crippen LogP contribution in [0.2, 0.25) is 0 Å². The van der Waals surface area contributed by atoms with Crippen molar-refractivity contribution < 1.29 is 14.3 Å². The number of para-hydroxylation sites is 2. The molecule has 4 heteroatoms. The summed E-state index contributed by atoms with van der Waals surface area (Å²) in [6.45, 7) is 1.00. The number of amides is 1. The van der Waals surface area contributed by atoms with E-state index in [0.717, 1.165) is 11.4 Å². The van der Waals surface area contributed by atoms with E-state index in [-0.39, 0.29) is 12.5 Å². The lowest BCUT2D eigenvalue weighted by molar-refractivity contribution is -0.145. The smallest absolute Gasteiger partial charge is 0.303 e. The number of carbonyl (C=O) groups excluding carboxylic acids is 2. The highest BCUT2D eigenvalue weighted by Crippen LogP contribution is 2.24. The quantitative estimate of drug-likeness (QED) is 0.802. The third-order valence-corrected chi connectivity index (χ3v) is 2.68. The largest absolute Gasteiger partial charge is 0.456 e. The fourth-order valence-electron chi connectivity index (χ4n) is 1.82. The van der Waals surface area contributed by atoms with Gasteiger partial charge in [-0.1, -0.05) is 36.4 Å². The number of nitrogens with zero attached hydrogens (tertiary/aromatic N) is 1. The first-order valence-corrected chi connectivity index (χ1v) is 6.25. The fraction of sp³-hybridized carbons (Fsp3) is 0.125. The van der Waals surface area contributed by atoms with Crippen molar-refractivity contribution in [1.82, 2.24) is 0 Å². The van der Waals surface area contributed by atoms with Crippen LogP contribution in [0, 0.1) is 0 Å². The molecule has 0 aliphatic carbocycles. The van der Waals surface area contributed by atoms with Crippen LogP contribution in [0.4, 0.5) is 11.4 Å². The summed E-state index contributed by atoms with van der Waals surface area (Å²) < 4.78 is 4.80. The van der Waals surface area contributed by atoms with Gasteiger partial charge in [0.25, 0.3) is 5.91 Å². The van der Waals surface area contributed by atoms with Gasteiger partial charge in [-0.05, 0) is 24.3 Å². The zero-order valence-electron chi connectivity index (χ0n) is 11.2. The summed E-state index contributed by atoms with van der Waals surface area (Å²) in [6.07, 6.45) is 0. The molecule has 4 nitrogen and oxygen atoms in total. The van der Waals surface area contributed by atoms with Crippen LogP contribution in [-0.2, 0) is 14.3 Å². The van der Waals surface area contributed by atoms with Crippen molar-refractivity contribution in [1.29, 1.82) is 0 Å². The summed E-state index contributed by atoms with van der Waals surface area (Å²) in [5, 5.41) is 0. The lowest BCUT2D eigenvalue weighted by atomic mass is 10.2. The molecule has 1 amide bonds. The van der Waals surface area contributed by atoms with Crippen LogP contribution in [-0.4, -0.2) is 18.5 Å². The number of rotatable bonds is 4. The van der Waals surface area contributed by atoms with Crippen molar-refractivity contribution in [2.24, 2.45) is 0 Å². The van der Waals surface area contributed by atoms with Gasteiger partial charge in [-0.25, -0.2) is 0 Å². The minimum Gasteiger partial charge on any atom is -0.456 e. The van der Waals surface area contributed by atoms with Gasteiger partial charge in [-0.15, -0.1) is 0 Å². The topological polar surface area (TPSA) is 46.6 Å². The van der Waals surface area contributed by atoms with Crippen LogP contribution in [0.25, 0.3) is 0 Å². The molecule has 0 unspecified atom stereocenters. The standard InChI is InChI=1S/C16H15NO3/c1-13(18)20-12-16(19)17(14-8-4-2-5-9-14)15-10-6-3-7-11-15/h2-11H,12H2,1H3. The maximum atomic E-state index is 12.3. The molecule has 2 aromatic carbocycles. The summed E-state index contributed by atoms with van der Waals surface area (Å²) in [5.74, 6) is -0.767. The molecular weight excluding hydrogens is 254 g/mol. The molecule has 20 heavy (non-hydrogen) atoms. The van der Waals surface area contributed by atoms with E-state index in [2.05, 4.69) is 0 Å². The first kappa shape index (κ1) is 13.8. The molecule has 0 spiro atoms. The van der Waals surface area contributed by atoms with E-state index < -0.39 is 5.97 Å². The minimum atomic E-state index is -0.473. The predicted molar refractivity (Wildman–Crippen MR) is 76.7 cm³/mol. The van der Waals surface area contributed by atoms with Gasteiger partial charge >= 0.3 is 5.97 Å². The van der Waals surface area contributed by atoms with Gasteiger partial charge in [0.1, 0.15) is 0 Å². The summed E-state index contributed by atoms with van der Waals surface area (Å²) >= 11 is 0. The van der Waals surface area contributed by atoms with Gasteiger partial charge in [0.05, 0.1) is 0 Å². The first-order valence-electron chi connectivity index (χ1n) is 6.25. The molecule has 102 valence electrons. The van der Waals surface area contributed by atoms with Crippen LogP contribution >= 0.6 is 0 Å². The Hall–Kier alpha value is -2.62. The van der Waals surface area contributed by atoms with Gasteiger partial charge in [0.2, 0.25) is 0 Å². The normalized spacial score (nSPS) is 9.85. The number of benzene rings is 2. The lowest BCUT2D eigenvalue weighted by Crippen LogP contribution is -2.30. The van der Waals surface area contributed by atoms with Gasteiger partial charge in [-0.3, -0.25) is 14.5 Å². The van der Waals surface area contributed by atoms with Gasteiger partial charge in [0.15, 0.2) is 6.61 Å². The highest BCUT2D eigenvalue weighted by molar-refractivity contribution is 6.01. The van der Waals surface area contributed by atoms with Crippen molar-refractivity contribution in [2.75, 3.05) is 11.5 Å². The van der Waals surface area contributed by atoms with Crippen molar-refractivity contribution in [3.8, 4) is 0 Å². The molecule has 0 aliphatic rings. The zero-order chi connectivity index (χ0) is 14.4. The Morgan fingerprint density at radius 1 is 0.900 bits per heavy atom. The molecule has 2 rings (SSSR count). The van der Waals surface area contributed by atoms with E-state index in [1.54, 1.807) is 0 Å². The molecular formula is C16H15NO3. The molecule has 0 radical (unpaired) electrons. The number of esters is 1. The zero-order valence-corrected chi connectivity index (χ0v) is 11.2. The van der Waals surface area contributed by atoms with Crippen LogP contribution in [0.1, 0.15) is 6.92 Å². The molecule has 0 aromatic heterocycles. The maximum absolute atomic E-state index is 12.3. The van der Waals surface area contributed by atoms with Crippen molar-refractivity contribution in [3.05, 3.63) is 60.7 Å². The molecule has 0 N–H and O–H groups in total. The number of hydrogen-bond acceptors (Lipinski definition) is 3. The summed E-state index contributed by atoms with van der Waals surface area (Å²) in [4.78, 5) is 24.7. The highest BCUT2D eigenvalue weighted by Gasteiger charge is 2.18. The highest BCUT2D eigenvalue weighted by atomic mass is 16.5. The molecule has 2 aromatic rings. The third-order valence-electron chi connectivity index (χ3n) is 2.68. The van der Waals surface area contributed by atoms with Gasteiger partial charge in [-0.2, -0.15) is 0 Å². The molecule has 0 saturated heterocycles. The van der Waals surface area contributed by atoms with E-state index in [4.69, 9.17) is 4.74 Å². The van der Waals surface area contributed by atoms with Crippen molar-refractivity contribution in [3.63, 3.8) is 0 Å². The van der Waals surface area contributed by atoms with E-state index in [9.17, 15) is 9.59 Å². The molecule has 0 aliphatic heterocycles. The summed E-state index contributed by atoms with van der Waals surface area (Å²) in [6, 6.07) is 18.5. The second kappa shape index (κ2) is 6.52. The fourth-order valence-corrected chi connectivity index (χ4v) is 1.82. The third kappa shape index (κ3) is 3.45. The molecule has 0 bridgehead atoms. The second-order valence-electron chi connectivity index (χ2n) is 4.18. The maximum Gasteiger partial charge on any atom is 0.303 e. The Balaban J connectivity index is 2.30. The SMILES string of the molecule is CC(=O)OCC(=O)N(c1ccccc1)c1ccccc1. The van der Waals surface area contributed by atoms with E-state index in [1.807, 2.05) is 60.7 Å². The van der Waals surface area contributed by atoms with E-state index in [0.29, 0.717) is 0 Å². The lowest BCUT2D eigenvalue weighted by Gasteiger charge is -2.22. The van der Waals surface area contributed by atoms with Crippen LogP contribution in [0.5, 0.6) is 0 Å². The first-order chi connectivity index (χ1) is 9.68. The van der Waals surface area contributed by atoms with Crippen LogP contribution < -0.4 is 4.90 Å². The average Bonchev–Trinajstić information content (AvgIpc) is 2.48. The Morgan fingerprint density at radius 2 is 1.35 bits per heavy atom. The van der Waals surface area contributed by atoms with E-state index in [1.165, 1.54) is 11.8 Å². The van der Waals surface area contributed by atoms with Crippen LogP contribution in [0.15, 0.2) is 60.7 Å². The Kier molecular flexibility index (Phi) is 4.50. The second-order valence-corrected chi connectivity index (χ2v) is 4.18. The summed E-state index contributed by atoms with van der Waals surface area (Å²) in [7, 11) is 0. The Labute approximate surface area is 117 Å². The molecule has 0 atom stereocenters. The molecule has 0 heterocycles. The number of hydrogen-bond donors (Lipinski definition) is 0. The number of anilines is 2. The monoisotopic (exact) mass is 269 g/mol. The van der Waals surface area contributed by atoms with Crippen molar-refractivity contribution in [2.45, 2.75) is 6.92 Å². The predicted octanol–water partition coefficient (Wildman–Crippen LogP) is 2.91.